The van der Waals surface area contributed by atoms with Gasteiger partial charge in [-0.25, -0.2) is 14.1 Å². The van der Waals surface area contributed by atoms with Crippen LogP contribution in [0.2, 0.25) is 0 Å². The summed E-state index contributed by atoms with van der Waals surface area (Å²) in [6.07, 6.45) is 0.760. The van der Waals surface area contributed by atoms with Gasteiger partial charge in [-0.15, -0.1) is 0 Å². The Bertz CT molecular complexity index is 946. The van der Waals surface area contributed by atoms with Gasteiger partial charge in [-0.05, 0) is 42.8 Å². The van der Waals surface area contributed by atoms with E-state index in [1.807, 2.05) is 4.68 Å². The van der Waals surface area contributed by atoms with Crippen LogP contribution in [-0.4, -0.2) is 52.4 Å². The van der Waals surface area contributed by atoms with Crippen LogP contribution in [0.3, 0.4) is 0 Å². The molecule has 0 aliphatic carbocycles. The summed E-state index contributed by atoms with van der Waals surface area (Å²) in [6.45, 7) is 7.37. The summed E-state index contributed by atoms with van der Waals surface area (Å²) in [6, 6.07) is 15.2. The highest BCUT2D eigenvalue weighted by atomic mass is 19.1. The number of nitrogens with zero attached hydrogens (tertiary/aromatic N) is 4. The van der Waals surface area contributed by atoms with E-state index in [1.54, 1.807) is 12.1 Å². The second-order valence-corrected chi connectivity index (χ2v) is 8.13. The summed E-state index contributed by atoms with van der Waals surface area (Å²) < 4.78 is 15.3. The van der Waals surface area contributed by atoms with Gasteiger partial charge in [-0.2, -0.15) is 5.10 Å². The lowest BCUT2D eigenvalue weighted by Crippen LogP contribution is -2.50. The average molecular weight is 394 g/mol. The van der Waals surface area contributed by atoms with Crippen LogP contribution in [0.1, 0.15) is 31.2 Å². The zero-order chi connectivity index (χ0) is 20.4. The highest BCUT2D eigenvalue weighted by Gasteiger charge is 2.21. The van der Waals surface area contributed by atoms with Crippen molar-refractivity contribution in [2.24, 2.45) is 0 Å². The minimum Gasteiger partial charge on any atom is -0.311 e. The molecule has 1 fully saturated rings. The van der Waals surface area contributed by atoms with E-state index in [2.05, 4.69) is 55.4 Å². The van der Waals surface area contributed by atoms with Crippen molar-refractivity contribution in [3.63, 3.8) is 0 Å². The van der Waals surface area contributed by atoms with Crippen LogP contribution >= 0.6 is 0 Å². The summed E-state index contributed by atoms with van der Waals surface area (Å²) >= 11 is 0. The monoisotopic (exact) mass is 393 g/mol. The molecule has 152 valence electrons. The molecule has 1 aliphatic heterocycles. The first-order valence-corrected chi connectivity index (χ1v) is 10.2. The molecule has 1 N–H and O–H groups in total. The maximum absolute atomic E-state index is 13.4. The van der Waals surface area contributed by atoms with Gasteiger partial charge in [0.25, 0.3) is 0 Å². The Kier molecular flexibility index (Phi) is 5.74. The lowest BCUT2D eigenvalue weighted by Gasteiger charge is -2.30. The third-order valence-corrected chi connectivity index (χ3v) is 5.45. The Labute approximate surface area is 171 Å². The van der Waals surface area contributed by atoms with Gasteiger partial charge in [0.2, 0.25) is 0 Å². The van der Waals surface area contributed by atoms with Crippen molar-refractivity contribution in [2.75, 3.05) is 26.7 Å². The molecular weight excluding hydrogens is 365 g/mol. The maximum atomic E-state index is 13.4. The zero-order valence-electron chi connectivity index (χ0n) is 17.3. The molecule has 2 aromatic carbocycles. The van der Waals surface area contributed by atoms with E-state index in [4.69, 9.17) is 10.1 Å². The Balaban J connectivity index is 1.69. The molecule has 0 saturated carbocycles. The molecule has 1 aromatic heterocycles. The van der Waals surface area contributed by atoms with Gasteiger partial charge in [0.1, 0.15) is 5.82 Å². The Morgan fingerprint density at radius 1 is 1.10 bits per heavy atom. The quantitative estimate of drug-likeness (QED) is 0.719. The van der Waals surface area contributed by atoms with Crippen molar-refractivity contribution in [2.45, 2.75) is 32.2 Å². The first-order chi connectivity index (χ1) is 14.0. The van der Waals surface area contributed by atoms with Gasteiger partial charge in [-0.3, -0.25) is 0 Å². The van der Waals surface area contributed by atoms with E-state index < -0.39 is 0 Å². The molecule has 3 aromatic rings. The highest BCUT2D eigenvalue weighted by molar-refractivity contribution is 5.58. The lowest BCUT2D eigenvalue weighted by molar-refractivity contribution is 0.236. The molecule has 0 amide bonds. The fourth-order valence-corrected chi connectivity index (χ4v) is 3.76. The molecule has 29 heavy (non-hydrogen) atoms. The van der Waals surface area contributed by atoms with Crippen molar-refractivity contribution in [1.82, 2.24) is 25.0 Å². The zero-order valence-corrected chi connectivity index (χ0v) is 17.3. The molecule has 4 rings (SSSR count). The summed E-state index contributed by atoms with van der Waals surface area (Å²) in [5.74, 6) is 1.80. The number of aromatic nitrogens is 3. The molecule has 1 aliphatic rings. The molecule has 6 heteroatoms. The van der Waals surface area contributed by atoms with Crippen molar-refractivity contribution in [1.29, 1.82) is 0 Å². The van der Waals surface area contributed by atoms with Crippen LogP contribution in [0.25, 0.3) is 17.1 Å². The van der Waals surface area contributed by atoms with Crippen molar-refractivity contribution in [3.8, 4) is 17.1 Å². The topological polar surface area (TPSA) is 46.0 Å². The first kappa shape index (κ1) is 19.7. The van der Waals surface area contributed by atoms with Crippen molar-refractivity contribution in [3.05, 3.63) is 65.7 Å². The SMILES string of the molecule is CC(C)c1ccc(-c2nc(CC3CN(C)CCN3)nn2-c2ccc(F)cc2)cc1. The third-order valence-electron chi connectivity index (χ3n) is 5.45. The smallest absolute Gasteiger partial charge is 0.163 e. The van der Waals surface area contributed by atoms with Gasteiger partial charge < -0.3 is 10.2 Å². The number of nitrogens with one attached hydrogen (secondary N) is 1. The van der Waals surface area contributed by atoms with Gasteiger partial charge in [0.05, 0.1) is 5.69 Å². The van der Waals surface area contributed by atoms with Gasteiger partial charge >= 0.3 is 0 Å². The molecule has 5 nitrogen and oxygen atoms in total. The van der Waals surface area contributed by atoms with E-state index in [0.29, 0.717) is 12.0 Å². The number of hydrogen-bond donors (Lipinski definition) is 1. The summed E-state index contributed by atoms with van der Waals surface area (Å²) in [5.41, 5.74) is 3.10. The normalized spacial score (nSPS) is 17.8. The van der Waals surface area contributed by atoms with Gasteiger partial charge in [0, 0.05) is 37.7 Å². The second-order valence-electron chi connectivity index (χ2n) is 8.13. The molecule has 0 spiro atoms. The molecule has 0 bridgehead atoms. The molecule has 0 radical (unpaired) electrons. The fraction of sp³-hybridized carbons (Fsp3) is 0.391. The number of likely N-dealkylation sites (N-methyl/N-ethyl adjacent to an activating group) is 1. The van der Waals surface area contributed by atoms with E-state index >= 15 is 0 Å². The standard InChI is InChI=1S/C23H28FN5/c1-16(2)17-4-6-18(7-5-17)23-26-22(14-20-15-28(3)13-12-25-20)27-29(23)21-10-8-19(24)9-11-21/h4-11,16,20,25H,12-15H2,1-3H3. The van der Waals surface area contributed by atoms with Crippen LogP contribution in [0.4, 0.5) is 4.39 Å². The van der Waals surface area contributed by atoms with Crippen LogP contribution in [0, 0.1) is 5.82 Å². The van der Waals surface area contributed by atoms with E-state index in [1.165, 1.54) is 17.7 Å². The summed E-state index contributed by atoms with van der Waals surface area (Å²) in [5, 5.41) is 8.34. The first-order valence-electron chi connectivity index (χ1n) is 10.2. The van der Waals surface area contributed by atoms with E-state index in [-0.39, 0.29) is 5.82 Å². The van der Waals surface area contributed by atoms with Crippen LogP contribution in [0.15, 0.2) is 48.5 Å². The van der Waals surface area contributed by atoms with Gasteiger partial charge in [0.15, 0.2) is 11.6 Å². The molecule has 1 saturated heterocycles. The van der Waals surface area contributed by atoms with Gasteiger partial charge in [-0.1, -0.05) is 38.1 Å². The highest BCUT2D eigenvalue weighted by Crippen LogP contribution is 2.24. The molecular formula is C23H28FN5. The molecule has 1 unspecified atom stereocenters. The summed E-state index contributed by atoms with van der Waals surface area (Å²) in [4.78, 5) is 7.20. The van der Waals surface area contributed by atoms with E-state index in [9.17, 15) is 4.39 Å². The number of halogens is 1. The second kappa shape index (κ2) is 8.43. The Hall–Kier alpha value is -2.57. The summed E-state index contributed by atoms with van der Waals surface area (Å²) in [7, 11) is 2.14. The van der Waals surface area contributed by atoms with E-state index in [0.717, 1.165) is 49.0 Å². The third kappa shape index (κ3) is 4.54. The number of hydrogen-bond acceptors (Lipinski definition) is 4. The Morgan fingerprint density at radius 3 is 2.48 bits per heavy atom. The average Bonchev–Trinajstić information content (AvgIpc) is 3.12. The van der Waals surface area contributed by atoms with Crippen LogP contribution in [-0.2, 0) is 6.42 Å². The van der Waals surface area contributed by atoms with Crippen molar-refractivity contribution >= 4 is 0 Å². The predicted octanol–water partition coefficient (Wildman–Crippen LogP) is 3.64. The minimum absolute atomic E-state index is 0.258. The van der Waals surface area contributed by atoms with Crippen LogP contribution in [0.5, 0.6) is 0 Å². The largest absolute Gasteiger partial charge is 0.311 e. The molecule has 1 atom stereocenters. The fourth-order valence-electron chi connectivity index (χ4n) is 3.76. The number of piperazine rings is 1. The number of rotatable bonds is 5. The minimum atomic E-state index is -0.258. The lowest BCUT2D eigenvalue weighted by atomic mass is 10.0. The van der Waals surface area contributed by atoms with Crippen molar-refractivity contribution < 1.29 is 4.39 Å². The predicted molar refractivity (Wildman–Crippen MR) is 114 cm³/mol. The van der Waals surface area contributed by atoms with Crippen LogP contribution < -0.4 is 5.32 Å². The molecule has 2 heterocycles. The maximum Gasteiger partial charge on any atom is 0.163 e. The Morgan fingerprint density at radius 2 is 1.83 bits per heavy atom. The number of benzene rings is 2.